The molecule has 0 unspecified atom stereocenters. The molecule has 0 saturated carbocycles. The van der Waals surface area contributed by atoms with Gasteiger partial charge >= 0.3 is 6.09 Å². The van der Waals surface area contributed by atoms with Crippen molar-refractivity contribution in [3.05, 3.63) is 0 Å². The molecule has 4 aliphatic rings. The number of nitrogens with zero attached hydrogens (tertiary/aromatic N) is 3. The Morgan fingerprint density at radius 3 is 2.42 bits per heavy atom. The van der Waals surface area contributed by atoms with Gasteiger partial charge in [-0.3, -0.25) is 14.4 Å². The molecule has 0 aromatic heterocycles. The summed E-state index contributed by atoms with van der Waals surface area (Å²) in [5.74, 6) is -0.260. The predicted molar refractivity (Wildman–Crippen MR) is 118 cm³/mol. The van der Waals surface area contributed by atoms with E-state index >= 15 is 0 Å². The van der Waals surface area contributed by atoms with E-state index in [1.165, 1.54) is 0 Å². The van der Waals surface area contributed by atoms with E-state index in [0.717, 1.165) is 19.3 Å². The molecular weight excluding hydrogens is 428 g/mol. The van der Waals surface area contributed by atoms with Gasteiger partial charge in [0.05, 0.1) is 26.2 Å². The quantitative estimate of drug-likeness (QED) is 0.650. The van der Waals surface area contributed by atoms with E-state index in [0.29, 0.717) is 45.6 Å². The van der Waals surface area contributed by atoms with Crippen LogP contribution in [0.15, 0.2) is 0 Å². The topological polar surface area (TPSA) is 108 Å². The van der Waals surface area contributed by atoms with E-state index in [2.05, 4.69) is 5.32 Å². The van der Waals surface area contributed by atoms with Crippen LogP contribution in [0.4, 0.5) is 4.79 Å². The van der Waals surface area contributed by atoms with Crippen molar-refractivity contribution in [2.75, 3.05) is 32.8 Å². The maximum absolute atomic E-state index is 13.4. The second-order valence-electron chi connectivity index (χ2n) is 10.8. The van der Waals surface area contributed by atoms with E-state index in [1.807, 2.05) is 0 Å². The Morgan fingerprint density at radius 2 is 1.76 bits per heavy atom. The van der Waals surface area contributed by atoms with Gasteiger partial charge in [0, 0.05) is 19.5 Å². The summed E-state index contributed by atoms with van der Waals surface area (Å²) in [6.45, 7) is 9.26. The number of likely N-dealkylation sites (tertiary alicyclic amines) is 1. The zero-order chi connectivity index (χ0) is 24.0. The summed E-state index contributed by atoms with van der Waals surface area (Å²) in [6.07, 6.45) is 2.95. The van der Waals surface area contributed by atoms with Crippen molar-refractivity contribution in [3.63, 3.8) is 0 Å². The molecule has 10 nitrogen and oxygen atoms in total. The fourth-order valence-corrected chi connectivity index (χ4v) is 5.51. The minimum atomic E-state index is -0.688. The molecule has 1 N–H and O–H groups in total. The highest BCUT2D eigenvalue weighted by molar-refractivity contribution is 5.92. The number of amides is 4. The number of rotatable bonds is 2. The van der Waals surface area contributed by atoms with Crippen LogP contribution in [0.5, 0.6) is 0 Å². The number of carbonyl (C=O) groups excluding carboxylic acids is 4. The molecule has 3 atom stereocenters. The normalized spacial score (nSPS) is 29.3. The monoisotopic (exact) mass is 464 g/mol. The van der Waals surface area contributed by atoms with E-state index in [1.54, 1.807) is 42.4 Å². The fraction of sp³-hybridized carbons (Fsp3) is 0.826. The van der Waals surface area contributed by atoms with Gasteiger partial charge in [0.1, 0.15) is 23.3 Å². The number of morpholine rings is 1. The molecule has 4 saturated heterocycles. The van der Waals surface area contributed by atoms with Gasteiger partial charge in [-0.1, -0.05) is 0 Å². The number of carbonyl (C=O) groups is 4. The summed E-state index contributed by atoms with van der Waals surface area (Å²) in [7, 11) is 0. The van der Waals surface area contributed by atoms with E-state index in [9.17, 15) is 19.2 Å². The summed E-state index contributed by atoms with van der Waals surface area (Å²) in [6, 6.07) is -1.19. The van der Waals surface area contributed by atoms with Crippen LogP contribution >= 0.6 is 0 Å². The van der Waals surface area contributed by atoms with Gasteiger partial charge in [0.2, 0.25) is 17.7 Å². The second-order valence-corrected chi connectivity index (χ2v) is 10.8. The van der Waals surface area contributed by atoms with Gasteiger partial charge in [-0.2, -0.15) is 0 Å². The Hall–Kier alpha value is -2.36. The van der Waals surface area contributed by atoms with Crippen LogP contribution in [0.3, 0.4) is 0 Å². The van der Waals surface area contributed by atoms with Gasteiger partial charge < -0.3 is 29.5 Å². The smallest absolute Gasteiger partial charge is 0.408 e. The van der Waals surface area contributed by atoms with Gasteiger partial charge in [0.15, 0.2) is 0 Å². The van der Waals surface area contributed by atoms with Crippen LogP contribution in [0.2, 0.25) is 0 Å². The minimum absolute atomic E-state index is 0.0137. The highest BCUT2D eigenvalue weighted by Crippen LogP contribution is 2.36. The first kappa shape index (κ1) is 23.8. The standard InChI is InChI=1S/C23H36N4O6/c1-15(28)25-10-11-32-23(12-25)13-26(14-23)20(30)18-9-8-16-6-5-7-17(19(29)27(16)18)24-21(31)33-22(2,3)4/h16-18H,5-14H2,1-4H3,(H,24,31)/t16-,17-,18-/m0/s1. The molecule has 33 heavy (non-hydrogen) atoms. The Balaban J connectivity index is 1.40. The molecule has 4 amide bonds. The van der Waals surface area contributed by atoms with Crippen LogP contribution in [0, 0.1) is 0 Å². The third-order valence-electron chi connectivity index (χ3n) is 7.02. The first-order valence-electron chi connectivity index (χ1n) is 12.0. The lowest BCUT2D eigenvalue weighted by Gasteiger charge is -2.54. The average molecular weight is 465 g/mol. The van der Waals surface area contributed by atoms with Crippen molar-refractivity contribution < 1.29 is 28.7 Å². The first-order chi connectivity index (χ1) is 15.5. The molecule has 0 aliphatic carbocycles. The Labute approximate surface area is 194 Å². The minimum Gasteiger partial charge on any atom is -0.444 e. The van der Waals surface area contributed by atoms with E-state index < -0.39 is 29.4 Å². The maximum atomic E-state index is 13.4. The number of hydrogen-bond donors (Lipinski definition) is 1. The Kier molecular flexibility index (Phi) is 6.32. The molecule has 184 valence electrons. The summed E-state index contributed by atoms with van der Waals surface area (Å²) >= 11 is 0. The largest absolute Gasteiger partial charge is 0.444 e. The molecule has 4 aliphatic heterocycles. The summed E-state index contributed by atoms with van der Waals surface area (Å²) in [4.78, 5) is 56.1. The number of nitrogens with one attached hydrogen (secondary N) is 1. The SMILES string of the molecule is CC(=O)N1CCOC2(C1)CN(C(=O)[C@@H]1CC[C@@H]3CCC[C@H](NC(=O)OC(C)(C)C)C(=O)N31)C2. The molecule has 4 heterocycles. The summed E-state index contributed by atoms with van der Waals surface area (Å²) in [5, 5.41) is 2.72. The summed E-state index contributed by atoms with van der Waals surface area (Å²) < 4.78 is 11.3. The van der Waals surface area contributed by atoms with Crippen molar-refractivity contribution >= 4 is 23.8 Å². The lowest BCUT2D eigenvalue weighted by molar-refractivity contribution is -0.196. The first-order valence-corrected chi connectivity index (χ1v) is 12.0. The number of ether oxygens (including phenoxy) is 2. The van der Waals surface area contributed by atoms with Crippen LogP contribution in [-0.4, -0.2) is 101 Å². The summed E-state index contributed by atoms with van der Waals surface area (Å²) in [5.41, 5.74) is -1.15. The van der Waals surface area contributed by atoms with Crippen LogP contribution in [-0.2, 0) is 23.9 Å². The van der Waals surface area contributed by atoms with Crippen LogP contribution < -0.4 is 5.32 Å². The number of fused-ring (bicyclic) bond motifs is 1. The molecule has 0 aromatic carbocycles. The Morgan fingerprint density at radius 1 is 1.06 bits per heavy atom. The van der Waals surface area contributed by atoms with Crippen molar-refractivity contribution in [1.82, 2.24) is 20.0 Å². The second kappa shape index (κ2) is 8.77. The third-order valence-corrected chi connectivity index (χ3v) is 7.02. The van der Waals surface area contributed by atoms with Gasteiger partial charge in [0.25, 0.3) is 0 Å². The zero-order valence-electron chi connectivity index (χ0n) is 20.1. The fourth-order valence-electron chi connectivity index (χ4n) is 5.51. The molecule has 0 bridgehead atoms. The molecule has 4 fully saturated rings. The molecule has 10 heteroatoms. The lowest BCUT2D eigenvalue weighted by Crippen LogP contribution is -2.73. The van der Waals surface area contributed by atoms with Gasteiger partial charge in [-0.15, -0.1) is 0 Å². The van der Waals surface area contributed by atoms with Crippen molar-refractivity contribution in [1.29, 1.82) is 0 Å². The molecular formula is C23H36N4O6. The zero-order valence-corrected chi connectivity index (χ0v) is 20.1. The van der Waals surface area contributed by atoms with Crippen LogP contribution in [0.25, 0.3) is 0 Å². The third kappa shape index (κ3) is 4.95. The molecule has 4 rings (SSSR count). The maximum Gasteiger partial charge on any atom is 0.408 e. The lowest BCUT2D eigenvalue weighted by atomic mass is 9.90. The van der Waals surface area contributed by atoms with E-state index in [4.69, 9.17) is 9.47 Å². The van der Waals surface area contributed by atoms with Crippen molar-refractivity contribution in [2.24, 2.45) is 0 Å². The van der Waals surface area contributed by atoms with Gasteiger partial charge in [-0.05, 0) is 52.9 Å². The highest BCUT2D eigenvalue weighted by atomic mass is 16.6. The molecule has 0 aromatic rings. The number of hydrogen-bond acceptors (Lipinski definition) is 6. The highest BCUT2D eigenvalue weighted by Gasteiger charge is 2.53. The average Bonchev–Trinajstić information content (AvgIpc) is 3.06. The molecule has 1 spiro atoms. The molecule has 0 radical (unpaired) electrons. The number of alkyl carbamates (subject to hydrolysis) is 1. The van der Waals surface area contributed by atoms with Crippen molar-refractivity contribution in [2.45, 2.75) is 89.1 Å². The predicted octanol–water partition coefficient (Wildman–Crippen LogP) is 0.883. The Bertz CT molecular complexity index is 818. The van der Waals surface area contributed by atoms with Gasteiger partial charge in [-0.25, -0.2) is 4.79 Å². The van der Waals surface area contributed by atoms with Crippen LogP contribution in [0.1, 0.15) is 59.8 Å². The van der Waals surface area contributed by atoms with Crippen molar-refractivity contribution in [3.8, 4) is 0 Å². The van der Waals surface area contributed by atoms with E-state index in [-0.39, 0.29) is 23.8 Å².